The van der Waals surface area contributed by atoms with Crippen LogP contribution in [0.15, 0.2) is 21.7 Å². The summed E-state index contributed by atoms with van der Waals surface area (Å²) < 4.78 is 7.10. The van der Waals surface area contributed by atoms with Gasteiger partial charge in [0.05, 0.1) is 22.1 Å². The molecule has 84 valence electrons. The summed E-state index contributed by atoms with van der Waals surface area (Å²) in [6.45, 7) is 4.02. The first-order valence-electron chi connectivity index (χ1n) is 4.71. The second-order valence-electron chi connectivity index (χ2n) is 3.51. The van der Waals surface area contributed by atoms with Crippen LogP contribution >= 0.6 is 22.6 Å². The Bertz CT molecular complexity index is 574. The molecule has 0 unspecified atom stereocenters. The van der Waals surface area contributed by atoms with Crippen molar-refractivity contribution in [2.45, 2.75) is 20.4 Å². The van der Waals surface area contributed by atoms with Gasteiger partial charge in [-0.2, -0.15) is 0 Å². The largest absolute Gasteiger partial charge is 0.361 e. The van der Waals surface area contributed by atoms with Crippen molar-refractivity contribution < 1.29 is 4.52 Å². The van der Waals surface area contributed by atoms with Crippen LogP contribution in [0.5, 0.6) is 0 Å². The van der Waals surface area contributed by atoms with Crippen LogP contribution in [0.25, 0.3) is 0 Å². The fourth-order valence-corrected chi connectivity index (χ4v) is 1.77. The molecular formula is C10H10IN3O2. The second kappa shape index (κ2) is 4.36. The third-order valence-corrected chi connectivity index (χ3v) is 3.41. The molecule has 16 heavy (non-hydrogen) atoms. The van der Waals surface area contributed by atoms with Crippen molar-refractivity contribution in [2.24, 2.45) is 0 Å². The van der Waals surface area contributed by atoms with E-state index in [1.807, 2.05) is 36.4 Å². The molecule has 0 N–H and O–H groups in total. The molecule has 6 heteroatoms. The summed E-state index contributed by atoms with van der Waals surface area (Å²) in [6, 6.07) is 1.80. The third-order valence-electron chi connectivity index (χ3n) is 2.17. The van der Waals surface area contributed by atoms with Crippen molar-refractivity contribution >= 4 is 22.6 Å². The maximum absolute atomic E-state index is 11.9. The minimum absolute atomic E-state index is 0.0475. The molecule has 2 aromatic heterocycles. The molecule has 0 bridgehead atoms. The zero-order valence-corrected chi connectivity index (χ0v) is 11.1. The fraction of sp³-hybridized carbons (Fsp3) is 0.300. The monoisotopic (exact) mass is 331 g/mol. The van der Waals surface area contributed by atoms with E-state index in [4.69, 9.17) is 4.52 Å². The van der Waals surface area contributed by atoms with Crippen LogP contribution in [0, 0.1) is 17.4 Å². The Morgan fingerprint density at radius 2 is 2.25 bits per heavy atom. The number of aryl methyl sites for hydroxylation is 2. The van der Waals surface area contributed by atoms with E-state index in [9.17, 15) is 4.79 Å². The number of hydrogen-bond acceptors (Lipinski definition) is 4. The predicted molar refractivity (Wildman–Crippen MR) is 66.3 cm³/mol. The first-order valence-corrected chi connectivity index (χ1v) is 5.79. The van der Waals surface area contributed by atoms with Crippen LogP contribution in [0.2, 0.25) is 0 Å². The summed E-state index contributed by atoms with van der Waals surface area (Å²) in [6.07, 6.45) is 1.53. The highest BCUT2D eigenvalue weighted by Crippen LogP contribution is 2.05. The van der Waals surface area contributed by atoms with E-state index in [1.165, 1.54) is 10.9 Å². The molecule has 0 aliphatic rings. The standard InChI is InChI=1S/C10H10IN3O2/c1-6-3-8(13-16-6)4-14-5-12-7(2)9(11)10(14)15/h3,5H,4H2,1-2H3. The smallest absolute Gasteiger partial charge is 0.267 e. The molecule has 0 saturated heterocycles. The second-order valence-corrected chi connectivity index (χ2v) is 4.58. The Morgan fingerprint density at radius 3 is 2.88 bits per heavy atom. The van der Waals surface area contributed by atoms with Gasteiger partial charge in [-0.3, -0.25) is 9.36 Å². The molecule has 2 rings (SSSR count). The molecule has 2 heterocycles. The molecule has 0 radical (unpaired) electrons. The van der Waals surface area contributed by atoms with E-state index in [1.54, 1.807) is 6.07 Å². The van der Waals surface area contributed by atoms with Gasteiger partial charge in [0.2, 0.25) is 0 Å². The summed E-state index contributed by atoms with van der Waals surface area (Å²) in [5.41, 5.74) is 1.42. The van der Waals surface area contributed by atoms with Crippen molar-refractivity contribution in [1.82, 2.24) is 14.7 Å². The van der Waals surface area contributed by atoms with Crippen molar-refractivity contribution in [3.05, 3.63) is 43.5 Å². The highest BCUT2D eigenvalue weighted by Gasteiger charge is 2.07. The minimum atomic E-state index is -0.0475. The van der Waals surface area contributed by atoms with Gasteiger partial charge in [0.25, 0.3) is 5.56 Å². The maximum atomic E-state index is 11.9. The van der Waals surface area contributed by atoms with Gasteiger partial charge in [-0.15, -0.1) is 0 Å². The van der Waals surface area contributed by atoms with E-state index in [2.05, 4.69) is 10.1 Å². The summed E-state index contributed by atoms with van der Waals surface area (Å²) >= 11 is 2.00. The van der Waals surface area contributed by atoms with Gasteiger partial charge in [0, 0.05) is 6.07 Å². The number of rotatable bonds is 2. The van der Waals surface area contributed by atoms with E-state index >= 15 is 0 Å². The molecule has 0 amide bonds. The van der Waals surface area contributed by atoms with Crippen molar-refractivity contribution in [1.29, 1.82) is 0 Å². The molecule has 0 atom stereocenters. The molecule has 0 fully saturated rings. The Balaban J connectivity index is 2.36. The van der Waals surface area contributed by atoms with Crippen LogP contribution in [-0.2, 0) is 6.54 Å². The number of halogens is 1. The van der Waals surface area contributed by atoms with Crippen LogP contribution in [-0.4, -0.2) is 14.7 Å². The summed E-state index contributed by atoms with van der Waals surface area (Å²) in [5, 5.41) is 3.84. The first kappa shape index (κ1) is 11.3. The molecule has 2 aromatic rings. The lowest BCUT2D eigenvalue weighted by Gasteiger charge is -2.03. The summed E-state index contributed by atoms with van der Waals surface area (Å²) in [4.78, 5) is 16.0. The molecule has 0 saturated carbocycles. The fourth-order valence-electron chi connectivity index (χ4n) is 1.33. The third kappa shape index (κ3) is 2.16. The van der Waals surface area contributed by atoms with E-state index in [-0.39, 0.29) is 5.56 Å². The van der Waals surface area contributed by atoms with Crippen molar-refractivity contribution in [3.8, 4) is 0 Å². The van der Waals surface area contributed by atoms with Gasteiger partial charge >= 0.3 is 0 Å². The maximum Gasteiger partial charge on any atom is 0.267 e. The lowest BCUT2D eigenvalue weighted by Crippen LogP contribution is -2.24. The summed E-state index contributed by atoms with van der Waals surface area (Å²) in [7, 11) is 0. The lowest BCUT2D eigenvalue weighted by atomic mass is 10.3. The predicted octanol–water partition coefficient (Wildman–Crippen LogP) is 1.50. The zero-order chi connectivity index (χ0) is 11.7. The average molecular weight is 331 g/mol. The van der Waals surface area contributed by atoms with Crippen LogP contribution in [0.3, 0.4) is 0 Å². The number of nitrogens with zero attached hydrogens (tertiary/aromatic N) is 3. The van der Waals surface area contributed by atoms with Gasteiger partial charge in [-0.05, 0) is 36.4 Å². The first-order chi connectivity index (χ1) is 7.58. The van der Waals surface area contributed by atoms with E-state index in [0.717, 1.165) is 17.1 Å². The van der Waals surface area contributed by atoms with Gasteiger partial charge in [0.1, 0.15) is 11.5 Å². The van der Waals surface area contributed by atoms with Crippen LogP contribution in [0.1, 0.15) is 17.1 Å². The Labute approximate surface area is 106 Å². The topological polar surface area (TPSA) is 60.9 Å². The summed E-state index contributed by atoms with van der Waals surface area (Å²) in [5.74, 6) is 0.734. The SMILES string of the molecule is Cc1cc(Cn2cnc(C)c(I)c2=O)no1. The Kier molecular flexibility index (Phi) is 3.08. The van der Waals surface area contributed by atoms with Gasteiger partial charge in [-0.25, -0.2) is 4.98 Å². The van der Waals surface area contributed by atoms with Gasteiger partial charge in [0.15, 0.2) is 0 Å². The molecule has 0 aliphatic carbocycles. The van der Waals surface area contributed by atoms with E-state index < -0.39 is 0 Å². The van der Waals surface area contributed by atoms with Crippen LogP contribution < -0.4 is 5.56 Å². The highest BCUT2D eigenvalue weighted by atomic mass is 127. The molecule has 0 aromatic carbocycles. The molecule has 5 nitrogen and oxygen atoms in total. The Morgan fingerprint density at radius 1 is 1.50 bits per heavy atom. The van der Waals surface area contributed by atoms with Crippen molar-refractivity contribution in [2.75, 3.05) is 0 Å². The quantitative estimate of drug-likeness (QED) is 0.783. The van der Waals surface area contributed by atoms with Gasteiger partial charge in [-0.1, -0.05) is 5.16 Å². The average Bonchev–Trinajstić information content (AvgIpc) is 2.65. The molecular weight excluding hydrogens is 321 g/mol. The van der Waals surface area contributed by atoms with Crippen LogP contribution in [0.4, 0.5) is 0 Å². The highest BCUT2D eigenvalue weighted by molar-refractivity contribution is 14.1. The van der Waals surface area contributed by atoms with E-state index in [0.29, 0.717) is 10.1 Å². The van der Waals surface area contributed by atoms with Gasteiger partial charge < -0.3 is 4.52 Å². The normalized spacial score (nSPS) is 10.7. The Hall–Kier alpha value is -1.18. The lowest BCUT2D eigenvalue weighted by molar-refractivity contribution is 0.388. The number of hydrogen-bond donors (Lipinski definition) is 0. The molecule has 0 spiro atoms. The number of aromatic nitrogens is 3. The molecule has 0 aliphatic heterocycles. The minimum Gasteiger partial charge on any atom is -0.361 e. The zero-order valence-electron chi connectivity index (χ0n) is 8.90. The van der Waals surface area contributed by atoms with Crippen molar-refractivity contribution in [3.63, 3.8) is 0 Å².